The molecule has 30 heavy (non-hydrogen) atoms. The molecule has 0 saturated heterocycles. The molecule has 3 rings (SSSR count). The third-order valence-corrected chi connectivity index (χ3v) is 5.50. The Morgan fingerprint density at radius 3 is 2.53 bits per heavy atom. The molecule has 1 unspecified atom stereocenters. The molecule has 0 aliphatic heterocycles. The van der Waals surface area contributed by atoms with Gasteiger partial charge in [-0.2, -0.15) is 0 Å². The van der Waals surface area contributed by atoms with Crippen molar-refractivity contribution in [2.24, 2.45) is 23.1 Å². The van der Waals surface area contributed by atoms with Crippen LogP contribution >= 0.6 is 0 Å². The molecule has 0 heterocycles. The predicted molar refractivity (Wildman–Crippen MR) is 116 cm³/mol. The SMILES string of the molecule is NC(=O)c1cc(F)c(N[C@@H]2CCCC[C@@H]2N)cc1NC(=O)C=C(N)C1C=CC=CC1. The van der Waals surface area contributed by atoms with Crippen molar-refractivity contribution >= 4 is 23.2 Å². The summed E-state index contributed by atoms with van der Waals surface area (Å²) in [6, 6.07) is 2.23. The highest BCUT2D eigenvalue weighted by Crippen LogP contribution is 2.28. The number of halogens is 1. The molecular weight excluding hydrogens is 385 g/mol. The van der Waals surface area contributed by atoms with Gasteiger partial charge in [0.2, 0.25) is 5.91 Å². The van der Waals surface area contributed by atoms with Crippen molar-refractivity contribution in [2.45, 2.75) is 44.2 Å². The standard InChI is InChI=1S/C22H28FN5O2/c23-15-10-14(22(26)30)19(12-20(15)27-18-9-5-4-8-16(18)24)28-21(29)11-17(25)13-6-2-1-3-7-13/h1-3,6,10-13,16,18,27H,4-5,7-9,24-25H2,(H2,26,30)(H,28,29)/t13?,16-,18+/m0/s1. The molecule has 2 aliphatic carbocycles. The molecule has 0 radical (unpaired) electrons. The monoisotopic (exact) mass is 413 g/mol. The van der Waals surface area contributed by atoms with Crippen molar-refractivity contribution in [1.29, 1.82) is 0 Å². The highest BCUT2D eigenvalue weighted by atomic mass is 19.1. The van der Waals surface area contributed by atoms with E-state index in [-0.39, 0.29) is 34.9 Å². The summed E-state index contributed by atoms with van der Waals surface area (Å²) in [6.45, 7) is 0. The van der Waals surface area contributed by atoms with Gasteiger partial charge in [-0.05, 0) is 31.4 Å². The van der Waals surface area contributed by atoms with Crippen LogP contribution in [0.1, 0.15) is 42.5 Å². The second-order valence-corrected chi connectivity index (χ2v) is 7.73. The van der Waals surface area contributed by atoms with E-state index in [4.69, 9.17) is 17.2 Å². The normalized spacial score (nSPS) is 23.8. The Kier molecular flexibility index (Phi) is 6.89. The summed E-state index contributed by atoms with van der Waals surface area (Å²) >= 11 is 0. The molecular formula is C22H28FN5O2. The first kappa shape index (κ1) is 21.6. The number of carbonyl (C=O) groups is 2. The highest BCUT2D eigenvalue weighted by molar-refractivity contribution is 6.06. The van der Waals surface area contributed by atoms with E-state index in [9.17, 15) is 14.0 Å². The lowest BCUT2D eigenvalue weighted by Gasteiger charge is -2.30. The molecule has 1 aromatic carbocycles. The predicted octanol–water partition coefficient (Wildman–Crippen LogP) is 2.52. The summed E-state index contributed by atoms with van der Waals surface area (Å²) in [5.74, 6) is -2.07. The highest BCUT2D eigenvalue weighted by Gasteiger charge is 2.24. The van der Waals surface area contributed by atoms with Gasteiger partial charge in [0.15, 0.2) is 0 Å². The molecule has 0 aromatic heterocycles. The van der Waals surface area contributed by atoms with Crippen LogP contribution in [0.3, 0.4) is 0 Å². The Labute approximate surface area is 175 Å². The Morgan fingerprint density at radius 1 is 1.10 bits per heavy atom. The van der Waals surface area contributed by atoms with E-state index in [0.717, 1.165) is 31.7 Å². The van der Waals surface area contributed by atoms with E-state index in [1.807, 2.05) is 24.3 Å². The van der Waals surface area contributed by atoms with Crippen LogP contribution in [0.2, 0.25) is 0 Å². The molecule has 1 aromatic rings. The first-order valence-corrected chi connectivity index (χ1v) is 10.1. The van der Waals surface area contributed by atoms with Crippen LogP contribution in [0.5, 0.6) is 0 Å². The third kappa shape index (κ3) is 5.27. The molecule has 8 N–H and O–H groups in total. The van der Waals surface area contributed by atoms with Gasteiger partial charge in [-0.3, -0.25) is 9.59 Å². The maximum atomic E-state index is 14.6. The minimum atomic E-state index is -0.845. The first-order chi connectivity index (χ1) is 14.3. The van der Waals surface area contributed by atoms with Crippen LogP contribution in [-0.4, -0.2) is 23.9 Å². The summed E-state index contributed by atoms with van der Waals surface area (Å²) < 4.78 is 14.6. The second kappa shape index (κ2) is 9.58. The molecule has 7 nitrogen and oxygen atoms in total. The number of amides is 2. The lowest BCUT2D eigenvalue weighted by Crippen LogP contribution is -2.42. The summed E-state index contributed by atoms with van der Waals surface area (Å²) in [4.78, 5) is 24.3. The van der Waals surface area contributed by atoms with Gasteiger partial charge in [0.25, 0.3) is 5.91 Å². The quantitative estimate of drug-likeness (QED) is 0.457. The van der Waals surface area contributed by atoms with Crippen LogP contribution in [0, 0.1) is 11.7 Å². The number of hydrogen-bond donors (Lipinski definition) is 5. The maximum Gasteiger partial charge on any atom is 0.250 e. The number of rotatable bonds is 6. The Bertz CT molecular complexity index is 909. The van der Waals surface area contributed by atoms with Gasteiger partial charge in [-0.25, -0.2) is 4.39 Å². The van der Waals surface area contributed by atoms with Gasteiger partial charge in [-0.1, -0.05) is 37.1 Å². The van der Waals surface area contributed by atoms with Gasteiger partial charge in [0.1, 0.15) is 5.82 Å². The fraction of sp³-hybridized carbons (Fsp3) is 0.364. The number of nitrogens with two attached hydrogens (primary N) is 3. The molecule has 3 atom stereocenters. The number of allylic oxidation sites excluding steroid dienone is 4. The van der Waals surface area contributed by atoms with Crippen LogP contribution in [0.25, 0.3) is 0 Å². The smallest absolute Gasteiger partial charge is 0.250 e. The molecule has 160 valence electrons. The topological polar surface area (TPSA) is 136 Å². The van der Waals surface area contributed by atoms with E-state index in [0.29, 0.717) is 12.1 Å². The van der Waals surface area contributed by atoms with Gasteiger partial charge in [0.05, 0.1) is 16.9 Å². The Balaban J connectivity index is 1.81. The van der Waals surface area contributed by atoms with Crippen molar-refractivity contribution in [3.63, 3.8) is 0 Å². The zero-order valence-electron chi connectivity index (χ0n) is 16.7. The number of nitrogens with one attached hydrogen (secondary N) is 2. The molecule has 0 bridgehead atoms. The van der Waals surface area contributed by atoms with Gasteiger partial charge >= 0.3 is 0 Å². The van der Waals surface area contributed by atoms with Crippen LogP contribution < -0.4 is 27.8 Å². The summed E-state index contributed by atoms with van der Waals surface area (Å²) in [5.41, 5.74) is 18.1. The zero-order chi connectivity index (χ0) is 21.7. The molecule has 2 aliphatic rings. The largest absolute Gasteiger partial charge is 0.401 e. The van der Waals surface area contributed by atoms with Gasteiger partial charge in [0, 0.05) is 29.8 Å². The maximum absolute atomic E-state index is 14.6. The van der Waals surface area contributed by atoms with Crippen LogP contribution in [0.4, 0.5) is 15.8 Å². The second-order valence-electron chi connectivity index (χ2n) is 7.73. The van der Waals surface area contributed by atoms with E-state index in [2.05, 4.69) is 10.6 Å². The average molecular weight is 413 g/mol. The molecule has 8 heteroatoms. The van der Waals surface area contributed by atoms with Crippen LogP contribution in [-0.2, 0) is 4.79 Å². The summed E-state index contributed by atoms with van der Waals surface area (Å²) in [6.07, 6.45) is 13.3. The van der Waals surface area contributed by atoms with Crippen molar-refractivity contribution in [3.8, 4) is 0 Å². The minimum absolute atomic E-state index is 0.0744. The lowest BCUT2D eigenvalue weighted by atomic mass is 9.91. The number of anilines is 2. The van der Waals surface area contributed by atoms with E-state index in [1.165, 1.54) is 12.1 Å². The average Bonchev–Trinajstić information content (AvgIpc) is 2.72. The number of carbonyl (C=O) groups excluding carboxylic acids is 2. The lowest BCUT2D eigenvalue weighted by molar-refractivity contribution is -0.112. The number of primary amides is 1. The molecule has 2 amide bonds. The van der Waals surface area contributed by atoms with Crippen molar-refractivity contribution in [2.75, 3.05) is 10.6 Å². The first-order valence-electron chi connectivity index (χ1n) is 10.1. The van der Waals surface area contributed by atoms with Crippen LogP contribution in [0.15, 0.2) is 48.2 Å². The molecule has 1 fully saturated rings. The van der Waals surface area contributed by atoms with E-state index in [1.54, 1.807) is 0 Å². The van der Waals surface area contributed by atoms with E-state index >= 15 is 0 Å². The Morgan fingerprint density at radius 2 is 1.87 bits per heavy atom. The summed E-state index contributed by atoms with van der Waals surface area (Å²) in [7, 11) is 0. The van der Waals surface area contributed by atoms with Crippen molar-refractivity contribution < 1.29 is 14.0 Å². The zero-order valence-corrected chi connectivity index (χ0v) is 16.7. The van der Waals surface area contributed by atoms with Gasteiger partial charge in [-0.15, -0.1) is 0 Å². The van der Waals surface area contributed by atoms with Gasteiger partial charge < -0.3 is 27.8 Å². The Hall–Kier alpha value is -3.13. The van der Waals surface area contributed by atoms with Crippen molar-refractivity contribution in [3.05, 3.63) is 59.6 Å². The van der Waals surface area contributed by atoms with E-state index < -0.39 is 17.6 Å². The summed E-state index contributed by atoms with van der Waals surface area (Å²) in [5, 5.41) is 5.71. The molecule has 0 spiro atoms. The fourth-order valence-corrected chi connectivity index (χ4v) is 3.78. The number of hydrogen-bond acceptors (Lipinski definition) is 5. The fourth-order valence-electron chi connectivity index (χ4n) is 3.78. The number of benzene rings is 1. The van der Waals surface area contributed by atoms with Crippen molar-refractivity contribution in [1.82, 2.24) is 0 Å². The molecule has 1 saturated carbocycles. The minimum Gasteiger partial charge on any atom is -0.401 e. The third-order valence-electron chi connectivity index (χ3n) is 5.50.